The Labute approximate surface area is 227 Å². The SMILES string of the molecule is CCCNC(=S)N(CCNC(=O)Cc1cncn1Cc1ccc(C#N)cc1)Cc1cccc(Cl)c1Cl. The van der Waals surface area contributed by atoms with Crippen molar-refractivity contribution in [2.24, 2.45) is 0 Å². The van der Waals surface area contributed by atoms with Crippen molar-refractivity contribution in [3.8, 4) is 6.07 Å². The Hall–Kier alpha value is -3.12. The number of aromatic nitrogens is 2. The van der Waals surface area contributed by atoms with E-state index in [4.69, 9.17) is 40.7 Å². The fourth-order valence-electron chi connectivity index (χ4n) is 3.55. The zero-order valence-corrected chi connectivity index (χ0v) is 22.3. The van der Waals surface area contributed by atoms with Gasteiger partial charge in [-0.05, 0) is 48.0 Å². The van der Waals surface area contributed by atoms with Gasteiger partial charge in [-0.1, -0.05) is 54.4 Å². The highest BCUT2D eigenvalue weighted by molar-refractivity contribution is 7.80. The van der Waals surface area contributed by atoms with Crippen LogP contribution in [0.5, 0.6) is 0 Å². The molecular weight excluding hydrogens is 515 g/mol. The van der Waals surface area contributed by atoms with Crippen molar-refractivity contribution in [1.82, 2.24) is 25.1 Å². The first-order valence-electron chi connectivity index (χ1n) is 11.6. The molecule has 0 fully saturated rings. The molecule has 36 heavy (non-hydrogen) atoms. The molecule has 0 atom stereocenters. The summed E-state index contributed by atoms with van der Waals surface area (Å²) in [5, 5.41) is 16.8. The lowest BCUT2D eigenvalue weighted by Crippen LogP contribution is -2.43. The van der Waals surface area contributed by atoms with Crippen molar-refractivity contribution in [3.63, 3.8) is 0 Å². The Morgan fingerprint density at radius 3 is 2.67 bits per heavy atom. The van der Waals surface area contributed by atoms with Crippen LogP contribution < -0.4 is 10.6 Å². The number of hydrogen-bond donors (Lipinski definition) is 2. The molecule has 0 saturated heterocycles. The van der Waals surface area contributed by atoms with Crippen molar-refractivity contribution in [1.29, 1.82) is 5.26 Å². The molecule has 0 aliphatic heterocycles. The van der Waals surface area contributed by atoms with Crippen LogP contribution >= 0.6 is 35.4 Å². The highest BCUT2D eigenvalue weighted by Crippen LogP contribution is 2.26. The van der Waals surface area contributed by atoms with Gasteiger partial charge in [-0.3, -0.25) is 4.79 Å². The van der Waals surface area contributed by atoms with Crippen LogP contribution in [0.3, 0.4) is 0 Å². The maximum Gasteiger partial charge on any atom is 0.226 e. The van der Waals surface area contributed by atoms with Crippen molar-refractivity contribution >= 4 is 46.4 Å². The second kappa shape index (κ2) is 13.8. The van der Waals surface area contributed by atoms with E-state index in [9.17, 15) is 4.79 Å². The van der Waals surface area contributed by atoms with Crippen LogP contribution in [0, 0.1) is 11.3 Å². The molecule has 0 aliphatic rings. The lowest BCUT2D eigenvalue weighted by atomic mass is 10.1. The minimum atomic E-state index is -0.107. The molecule has 0 aliphatic carbocycles. The zero-order valence-electron chi connectivity index (χ0n) is 20.0. The topological polar surface area (TPSA) is 86.0 Å². The molecule has 2 N–H and O–H groups in total. The third-order valence-electron chi connectivity index (χ3n) is 5.49. The highest BCUT2D eigenvalue weighted by Gasteiger charge is 2.15. The molecule has 0 spiro atoms. The quantitative estimate of drug-likeness (QED) is 0.345. The summed E-state index contributed by atoms with van der Waals surface area (Å²) in [6.45, 7) is 4.79. The van der Waals surface area contributed by atoms with Gasteiger partial charge in [0.05, 0.1) is 34.4 Å². The van der Waals surface area contributed by atoms with E-state index in [1.54, 1.807) is 30.7 Å². The van der Waals surface area contributed by atoms with Gasteiger partial charge < -0.3 is 20.1 Å². The third kappa shape index (κ3) is 7.95. The predicted molar refractivity (Wildman–Crippen MR) is 147 cm³/mol. The molecule has 0 saturated carbocycles. The number of hydrogen-bond acceptors (Lipinski definition) is 4. The lowest BCUT2D eigenvalue weighted by Gasteiger charge is -2.26. The summed E-state index contributed by atoms with van der Waals surface area (Å²) >= 11 is 18.1. The van der Waals surface area contributed by atoms with E-state index in [1.807, 2.05) is 33.7 Å². The smallest absolute Gasteiger partial charge is 0.226 e. The number of nitrogens with zero attached hydrogens (tertiary/aromatic N) is 4. The Balaban J connectivity index is 1.56. The van der Waals surface area contributed by atoms with Gasteiger partial charge in [-0.15, -0.1) is 0 Å². The lowest BCUT2D eigenvalue weighted by molar-refractivity contribution is -0.120. The minimum Gasteiger partial charge on any atom is -0.363 e. The van der Waals surface area contributed by atoms with Crippen molar-refractivity contribution in [2.75, 3.05) is 19.6 Å². The maximum absolute atomic E-state index is 12.7. The number of thiocarbonyl (C=S) groups is 1. The maximum atomic E-state index is 12.7. The van der Waals surface area contributed by atoms with Crippen LogP contribution in [-0.4, -0.2) is 45.1 Å². The second-order valence-electron chi connectivity index (χ2n) is 8.21. The number of benzene rings is 2. The second-order valence-corrected chi connectivity index (χ2v) is 9.39. The van der Waals surface area contributed by atoms with E-state index in [0.717, 1.165) is 29.8 Å². The molecule has 7 nitrogen and oxygen atoms in total. The van der Waals surface area contributed by atoms with Crippen LogP contribution in [0.2, 0.25) is 10.0 Å². The van der Waals surface area contributed by atoms with E-state index < -0.39 is 0 Å². The van der Waals surface area contributed by atoms with Crippen molar-refractivity contribution < 1.29 is 4.79 Å². The third-order valence-corrected chi connectivity index (χ3v) is 6.75. The number of halogens is 2. The van der Waals surface area contributed by atoms with E-state index in [1.165, 1.54) is 0 Å². The fraction of sp³-hybridized carbons (Fsp3) is 0.308. The van der Waals surface area contributed by atoms with Crippen LogP contribution in [0.25, 0.3) is 0 Å². The first-order chi connectivity index (χ1) is 17.4. The van der Waals surface area contributed by atoms with Crippen molar-refractivity contribution in [3.05, 3.63) is 87.4 Å². The van der Waals surface area contributed by atoms with E-state index >= 15 is 0 Å². The number of nitriles is 1. The molecule has 188 valence electrons. The molecule has 3 aromatic rings. The van der Waals surface area contributed by atoms with Gasteiger partial charge in [0.25, 0.3) is 0 Å². The first kappa shape index (κ1) is 27.5. The summed E-state index contributed by atoms with van der Waals surface area (Å²) in [6.07, 6.45) is 4.54. The van der Waals surface area contributed by atoms with Crippen LogP contribution in [-0.2, 0) is 24.3 Å². The minimum absolute atomic E-state index is 0.107. The summed E-state index contributed by atoms with van der Waals surface area (Å²) in [4.78, 5) is 18.9. The summed E-state index contributed by atoms with van der Waals surface area (Å²) in [5.41, 5.74) is 3.31. The molecule has 1 amide bonds. The summed E-state index contributed by atoms with van der Waals surface area (Å²) < 4.78 is 1.93. The number of rotatable bonds is 11. The fourth-order valence-corrected chi connectivity index (χ4v) is 4.19. The molecule has 10 heteroatoms. The Kier molecular flexibility index (Phi) is 10.6. The number of carbonyl (C=O) groups excluding carboxylic acids is 1. The molecule has 3 rings (SSSR count). The summed E-state index contributed by atoms with van der Waals surface area (Å²) in [7, 11) is 0. The largest absolute Gasteiger partial charge is 0.363 e. The first-order valence-corrected chi connectivity index (χ1v) is 12.8. The molecule has 1 heterocycles. The average molecular weight is 544 g/mol. The molecule has 2 aromatic carbocycles. The average Bonchev–Trinajstić information content (AvgIpc) is 3.31. The molecule has 0 radical (unpaired) electrons. The van der Waals surface area contributed by atoms with E-state index in [-0.39, 0.29) is 12.3 Å². The highest BCUT2D eigenvalue weighted by atomic mass is 35.5. The predicted octanol–water partition coefficient (Wildman–Crippen LogP) is 4.56. The van der Waals surface area contributed by atoms with Gasteiger partial charge in [-0.25, -0.2) is 4.98 Å². The van der Waals surface area contributed by atoms with Gasteiger partial charge in [0.2, 0.25) is 5.91 Å². The number of imidazole rings is 1. The molecular formula is C26H28Cl2N6OS. The van der Waals surface area contributed by atoms with E-state index in [0.29, 0.717) is 46.9 Å². The monoisotopic (exact) mass is 542 g/mol. The van der Waals surface area contributed by atoms with Gasteiger partial charge in [-0.2, -0.15) is 5.26 Å². The standard InChI is InChI=1S/C26H28Cl2N6OS/c1-2-10-32-26(36)33(17-21-4-3-5-23(27)25(21)28)12-11-31-24(35)13-22-15-30-18-34(22)16-20-8-6-19(14-29)7-9-20/h3-9,15,18H,2,10-13,16-17H2,1H3,(H,31,35)(H,32,36). The van der Waals surface area contributed by atoms with Gasteiger partial charge in [0.1, 0.15) is 0 Å². The molecule has 0 bridgehead atoms. The Morgan fingerprint density at radius 1 is 1.17 bits per heavy atom. The Morgan fingerprint density at radius 2 is 1.94 bits per heavy atom. The summed E-state index contributed by atoms with van der Waals surface area (Å²) in [5.74, 6) is -0.107. The zero-order chi connectivity index (χ0) is 25.9. The van der Waals surface area contributed by atoms with Crippen LogP contribution in [0.1, 0.15) is 35.7 Å². The number of carbonyl (C=O) groups is 1. The Bertz CT molecular complexity index is 1220. The van der Waals surface area contributed by atoms with Crippen LogP contribution in [0.4, 0.5) is 0 Å². The van der Waals surface area contributed by atoms with E-state index in [2.05, 4.69) is 28.6 Å². The molecule has 1 aromatic heterocycles. The van der Waals surface area contributed by atoms with Crippen molar-refractivity contribution in [2.45, 2.75) is 32.9 Å². The normalized spacial score (nSPS) is 10.5. The van der Waals surface area contributed by atoms with Gasteiger partial charge in [0, 0.05) is 44.6 Å². The number of nitrogens with one attached hydrogen (secondary N) is 2. The summed E-state index contributed by atoms with van der Waals surface area (Å²) in [6, 6.07) is 15.0. The van der Waals surface area contributed by atoms with Gasteiger partial charge in [0.15, 0.2) is 5.11 Å². The number of amides is 1. The van der Waals surface area contributed by atoms with Crippen LogP contribution in [0.15, 0.2) is 55.0 Å². The molecule has 0 unspecified atom stereocenters. The van der Waals surface area contributed by atoms with Gasteiger partial charge >= 0.3 is 0 Å².